The van der Waals surface area contributed by atoms with Crippen molar-refractivity contribution >= 4 is 11.8 Å². The van der Waals surface area contributed by atoms with Crippen molar-refractivity contribution in [3.05, 3.63) is 47.3 Å². The zero-order valence-corrected chi connectivity index (χ0v) is 18.0. The number of aromatic nitrogens is 2. The Bertz CT molecular complexity index is 909. The molecular formula is C23H30N4O3. The van der Waals surface area contributed by atoms with Gasteiger partial charge in [0.15, 0.2) is 0 Å². The SMILES string of the molecule is Cc1nn(C)cc1CN(C)C(=O)c1ccc(OC2CCN(C(=O)C3CC3)CC2)cc1. The first-order valence-corrected chi connectivity index (χ1v) is 10.7. The van der Waals surface area contributed by atoms with E-state index in [-0.39, 0.29) is 17.9 Å². The van der Waals surface area contributed by atoms with Gasteiger partial charge in [0, 0.05) is 69.8 Å². The van der Waals surface area contributed by atoms with Gasteiger partial charge in [-0.25, -0.2) is 0 Å². The van der Waals surface area contributed by atoms with Gasteiger partial charge >= 0.3 is 0 Å². The maximum absolute atomic E-state index is 12.7. The van der Waals surface area contributed by atoms with Crippen LogP contribution in [0.4, 0.5) is 0 Å². The molecular weight excluding hydrogens is 380 g/mol. The molecule has 4 rings (SSSR count). The van der Waals surface area contributed by atoms with E-state index < -0.39 is 0 Å². The molecule has 0 unspecified atom stereocenters. The predicted molar refractivity (Wildman–Crippen MR) is 113 cm³/mol. The highest BCUT2D eigenvalue weighted by molar-refractivity contribution is 5.94. The standard InChI is InChI=1S/C23H30N4O3/c1-16-19(15-26(3)24-16)14-25(2)22(28)17-6-8-20(9-7-17)30-21-10-12-27(13-11-21)23(29)18-4-5-18/h6-9,15,18,21H,4-5,10-14H2,1-3H3. The Labute approximate surface area is 177 Å². The number of rotatable bonds is 6. The fraction of sp³-hybridized carbons (Fsp3) is 0.522. The van der Waals surface area contributed by atoms with E-state index in [1.165, 1.54) is 0 Å². The van der Waals surface area contributed by atoms with Gasteiger partial charge in [0.1, 0.15) is 11.9 Å². The van der Waals surface area contributed by atoms with E-state index in [0.29, 0.717) is 18.0 Å². The molecule has 1 aliphatic heterocycles. The molecule has 0 bridgehead atoms. The summed E-state index contributed by atoms with van der Waals surface area (Å²) in [6.45, 7) is 4.02. The summed E-state index contributed by atoms with van der Waals surface area (Å²) in [4.78, 5) is 28.6. The van der Waals surface area contributed by atoms with Crippen molar-refractivity contribution in [2.75, 3.05) is 20.1 Å². The van der Waals surface area contributed by atoms with Gasteiger partial charge in [0.05, 0.1) is 5.69 Å². The molecule has 7 heteroatoms. The summed E-state index contributed by atoms with van der Waals surface area (Å²) >= 11 is 0. The predicted octanol–water partition coefficient (Wildman–Crippen LogP) is 2.78. The maximum atomic E-state index is 12.7. The molecule has 2 amide bonds. The molecule has 0 atom stereocenters. The number of likely N-dealkylation sites (tertiary alicyclic amines) is 1. The van der Waals surface area contributed by atoms with Crippen LogP contribution in [-0.2, 0) is 18.4 Å². The van der Waals surface area contributed by atoms with Gasteiger partial charge in [0.25, 0.3) is 5.91 Å². The Balaban J connectivity index is 1.29. The molecule has 0 spiro atoms. The lowest BCUT2D eigenvalue weighted by molar-refractivity contribution is -0.134. The number of amides is 2. The Kier molecular flexibility index (Phi) is 5.79. The van der Waals surface area contributed by atoms with Crippen LogP contribution in [0.1, 0.15) is 47.3 Å². The number of nitrogens with zero attached hydrogens (tertiary/aromatic N) is 4. The van der Waals surface area contributed by atoms with Crippen molar-refractivity contribution in [2.24, 2.45) is 13.0 Å². The van der Waals surface area contributed by atoms with Gasteiger partial charge in [-0.15, -0.1) is 0 Å². The average Bonchev–Trinajstić information content (AvgIpc) is 3.54. The number of carbonyl (C=O) groups is 2. The second-order valence-electron chi connectivity index (χ2n) is 8.52. The van der Waals surface area contributed by atoms with Gasteiger partial charge in [0.2, 0.25) is 5.91 Å². The topological polar surface area (TPSA) is 67.7 Å². The van der Waals surface area contributed by atoms with Crippen molar-refractivity contribution < 1.29 is 14.3 Å². The Morgan fingerprint density at radius 2 is 1.80 bits per heavy atom. The lowest BCUT2D eigenvalue weighted by atomic mass is 10.1. The second kappa shape index (κ2) is 8.50. The van der Waals surface area contributed by atoms with E-state index in [9.17, 15) is 9.59 Å². The Morgan fingerprint density at radius 3 is 2.37 bits per heavy atom. The molecule has 2 aromatic rings. The minimum absolute atomic E-state index is 0.0308. The molecule has 0 N–H and O–H groups in total. The van der Waals surface area contributed by atoms with Crippen molar-refractivity contribution in [1.82, 2.24) is 19.6 Å². The minimum atomic E-state index is -0.0308. The van der Waals surface area contributed by atoms with Crippen LogP contribution in [0, 0.1) is 12.8 Å². The smallest absolute Gasteiger partial charge is 0.253 e. The van der Waals surface area contributed by atoms with Crippen LogP contribution in [0.5, 0.6) is 5.75 Å². The fourth-order valence-electron chi connectivity index (χ4n) is 4.00. The largest absolute Gasteiger partial charge is 0.490 e. The molecule has 1 aromatic carbocycles. The zero-order valence-electron chi connectivity index (χ0n) is 18.0. The summed E-state index contributed by atoms with van der Waals surface area (Å²) in [5, 5.41) is 4.33. The van der Waals surface area contributed by atoms with Crippen LogP contribution in [-0.4, -0.2) is 57.6 Å². The van der Waals surface area contributed by atoms with Gasteiger partial charge in [-0.1, -0.05) is 0 Å². The summed E-state index contributed by atoms with van der Waals surface area (Å²) in [5.74, 6) is 1.34. The Hall–Kier alpha value is -2.83. The van der Waals surface area contributed by atoms with Gasteiger partial charge < -0.3 is 14.5 Å². The Morgan fingerprint density at radius 1 is 1.13 bits per heavy atom. The van der Waals surface area contributed by atoms with Gasteiger partial charge in [-0.05, 0) is 44.0 Å². The third kappa shape index (κ3) is 4.66. The van der Waals surface area contributed by atoms with Gasteiger partial charge in [-0.2, -0.15) is 5.10 Å². The van der Waals surface area contributed by atoms with Crippen molar-refractivity contribution in [3.63, 3.8) is 0 Å². The highest BCUT2D eigenvalue weighted by atomic mass is 16.5. The number of carbonyl (C=O) groups excluding carboxylic acids is 2. The number of ether oxygens (including phenoxy) is 1. The summed E-state index contributed by atoms with van der Waals surface area (Å²) < 4.78 is 7.86. The first kappa shape index (κ1) is 20.4. The number of hydrogen-bond donors (Lipinski definition) is 0. The monoisotopic (exact) mass is 410 g/mol. The molecule has 1 saturated carbocycles. The van der Waals surface area contributed by atoms with E-state index >= 15 is 0 Å². The molecule has 2 fully saturated rings. The minimum Gasteiger partial charge on any atom is -0.490 e. The van der Waals surface area contributed by atoms with E-state index in [1.807, 2.05) is 49.3 Å². The molecule has 160 valence electrons. The first-order chi connectivity index (χ1) is 14.4. The van der Waals surface area contributed by atoms with E-state index in [1.54, 1.807) is 16.6 Å². The van der Waals surface area contributed by atoms with E-state index in [2.05, 4.69) is 5.10 Å². The van der Waals surface area contributed by atoms with Crippen molar-refractivity contribution in [1.29, 1.82) is 0 Å². The molecule has 1 aromatic heterocycles. The van der Waals surface area contributed by atoms with Crippen LogP contribution in [0.15, 0.2) is 30.5 Å². The van der Waals surface area contributed by atoms with Gasteiger partial charge in [-0.3, -0.25) is 14.3 Å². The highest BCUT2D eigenvalue weighted by Crippen LogP contribution is 2.32. The quantitative estimate of drug-likeness (QED) is 0.734. The van der Waals surface area contributed by atoms with Crippen LogP contribution in [0.3, 0.4) is 0 Å². The number of hydrogen-bond acceptors (Lipinski definition) is 4. The summed E-state index contributed by atoms with van der Waals surface area (Å²) in [6, 6.07) is 7.35. The maximum Gasteiger partial charge on any atom is 0.253 e. The third-order valence-electron chi connectivity index (χ3n) is 5.95. The number of aryl methyl sites for hydroxylation is 2. The van der Waals surface area contributed by atoms with Crippen LogP contribution >= 0.6 is 0 Å². The third-order valence-corrected chi connectivity index (χ3v) is 5.95. The van der Waals surface area contributed by atoms with Crippen LogP contribution in [0.2, 0.25) is 0 Å². The normalized spacial score (nSPS) is 17.1. The lowest BCUT2D eigenvalue weighted by Gasteiger charge is -2.32. The van der Waals surface area contributed by atoms with Crippen molar-refractivity contribution in [3.8, 4) is 5.75 Å². The van der Waals surface area contributed by atoms with E-state index in [4.69, 9.17) is 4.74 Å². The van der Waals surface area contributed by atoms with E-state index in [0.717, 1.165) is 55.8 Å². The molecule has 7 nitrogen and oxygen atoms in total. The number of piperidine rings is 1. The molecule has 2 heterocycles. The zero-order chi connectivity index (χ0) is 21.3. The fourth-order valence-corrected chi connectivity index (χ4v) is 4.00. The average molecular weight is 411 g/mol. The van der Waals surface area contributed by atoms with Crippen molar-refractivity contribution in [2.45, 2.75) is 45.3 Å². The highest BCUT2D eigenvalue weighted by Gasteiger charge is 2.35. The molecule has 1 aliphatic carbocycles. The van der Waals surface area contributed by atoms with Crippen LogP contribution in [0.25, 0.3) is 0 Å². The molecule has 0 radical (unpaired) electrons. The summed E-state index contributed by atoms with van der Waals surface area (Å²) in [6.07, 6.45) is 5.87. The van der Waals surface area contributed by atoms with Crippen LogP contribution < -0.4 is 4.74 Å². The molecule has 1 saturated heterocycles. The lowest BCUT2D eigenvalue weighted by Crippen LogP contribution is -2.42. The first-order valence-electron chi connectivity index (χ1n) is 10.7. The number of benzene rings is 1. The summed E-state index contributed by atoms with van der Waals surface area (Å²) in [5.41, 5.74) is 2.61. The molecule has 2 aliphatic rings. The second-order valence-corrected chi connectivity index (χ2v) is 8.52. The summed E-state index contributed by atoms with van der Waals surface area (Å²) in [7, 11) is 3.68. The molecule has 30 heavy (non-hydrogen) atoms.